The molecule has 0 bridgehead atoms. The molecule has 1 heterocycles. The number of carbonyl (C=O) groups is 1. The van der Waals surface area contributed by atoms with Crippen LogP contribution >= 0.6 is 11.6 Å². The SMILES string of the molecule is O=C1CCc2cc(OCC(O)c3ccc(Cl)cc3)ccc2N1. The van der Waals surface area contributed by atoms with Crippen molar-refractivity contribution in [1.29, 1.82) is 0 Å². The molecule has 0 aromatic heterocycles. The van der Waals surface area contributed by atoms with Crippen molar-refractivity contribution in [1.82, 2.24) is 0 Å². The second kappa shape index (κ2) is 6.38. The molecule has 0 radical (unpaired) electrons. The zero-order valence-corrected chi connectivity index (χ0v) is 12.6. The number of carbonyl (C=O) groups excluding carboxylic acids is 1. The molecular formula is C17H16ClNO3. The van der Waals surface area contributed by atoms with Gasteiger partial charge in [0.25, 0.3) is 0 Å². The molecule has 1 unspecified atom stereocenters. The molecule has 22 heavy (non-hydrogen) atoms. The highest BCUT2D eigenvalue weighted by Crippen LogP contribution is 2.27. The molecule has 2 aromatic carbocycles. The summed E-state index contributed by atoms with van der Waals surface area (Å²) in [4.78, 5) is 11.3. The second-order valence-electron chi connectivity index (χ2n) is 5.25. The third-order valence-electron chi connectivity index (χ3n) is 3.63. The van der Waals surface area contributed by atoms with Crippen LogP contribution in [0.1, 0.15) is 23.7 Å². The van der Waals surface area contributed by atoms with Crippen molar-refractivity contribution in [3.05, 3.63) is 58.6 Å². The largest absolute Gasteiger partial charge is 0.491 e. The van der Waals surface area contributed by atoms with Gasteiger partial charge in [-0.15, -0.1) is 0 Å². The maximum absolute atomic E-state index is 11.3. The monoisotopic (exact) mass is 317 g/mol. The van der Waals surface area contributed by atoms with E-state index < -0.39 is 6.10 Å². The first-order valence-electron chi connectivity index (χ1n) is 7.11. The van der Waals surface area contributed by atoms with Gasteiger partial charge in [0.1, 0.15) is 18.5 Å². The van der Waals surface area contributed by atoms with Gasteiger partial charge in [-0.25, -0.2) is 0 Å². The third kappa shape index (κ3) is 3.40. The first-order valence-corrected chi connectivity index (χ1v) is 7.49. The third-order valence-corrected chi connectivity index (χ3v) is 3.89. The van der Waals surface area contributed by atoms with Gasteiger partial charge in [-0.2, -0.15) is 0 Å². The summed E-state index contributed by atoms with van der Waals surface area (Å²) in [5, 5.41) is 13.6. The number of hydrogen-bond donors (Lipinski definition) is 2. The van der Waals surface area contributed by atoms with Crippen molar-refractivity contribution in [3.8, 4) is 5.75 Å². The number of rotatable bonds is 4. The molecule has 2 aromatic rings. The van der Waals surface area contributed by atoms with Crippen LogP contribution in [0.25, 0.3) is 0 Å². The summed E-state index contributed by atoms with van der Waals surface area (Å²) < 4.78 is 5.65. The molecule has 5 heteroatoms. The van der Waals surface area contributed by atoms with Crippen LogP contribution in [0.15, 0.2) is 42.5 Å². The Labute approximate surface area is 133 Å². The van der Waals surface area contributed by atoms with Gasteiger partial charge in [0.05, 0.1) is 0 Å². The Kier molecular flexibility index (Phi) is 4.32. The first-order chi connectivity index (χ1) is 10.6. The summed E-state index contributed by atoms with van der Waals surface area (Å²) in [6, 6.07) is 12.6. The molecule has 1 aliphatic heterocycles. The lowest BCUT2D eigenvalue weighted by molar-refractivity contribution is -0.116. The molecule has 1 atom stereocenters. The van der Waals surface area contributed by atoms with Crippen molar-refractivity contribution < 1.29 is 14.6 Å². The summed E-state index contributed by atoms with van der Waals surface area (Å²) in [5.74, 6) is 0.724. The Hall–Kier alpha value is -2.04. The van der Waals surface area contributed by atoms with E-state index in [4.69, 9.17) is 16.3 Å². The Morgan fingerprint density at radius 2 is 1.95 bits per heavy atom. The van der Waals surface area contributed by atoms with E-state index >= 15 is 0 Å². The highest BCUT2D eigenvalue weighted by molar-refractivity contribution is 6.30. The van der Waals surface area contributed by atoms with Gasteiger partial charge >= 0.3 is 0 Å². The second-order valence-corrected chi connectivity index (χ2v) is 5.68. The van der Waals surface area contributed by atoms with E-state index in [1.165, 1.54) is 0 Å². The fraction of sp³-hybridized carbons (Fsp3) is 0.235. The number of nitrogens with one attached hydrogen (secondary N) is 1. The van der Waals surface area contributed by atoms with E-state index in [9.17, 15) is 9.90 Å². The number of amides is 1. The molecular weight excluding hydrogens is 302 g/mol. The average molecular weight is 318 g/mol. The number of hydrogen-bond acceptors (Lipinski definition) is 3. The van der Waals surface area contributed by atoms with E-state index in [0.29, 0.717) is 23.6 Å². The summed E-state index contributed by atoms with van der Waals surface area (Å²) in [6.07, 6.45) is 0.482. The molecule has 1 amide bonds. The van der Waals surface area contributed by atoms with Crippen LogP contribution in [-0.2, 0) is 11.2 Å². The molecule has 3 rings (SSSR count). The van der Waals surface area contributed by atoms with Crippen molar-refractivity contribution in [2.75, 3.05) is 11.9 Å². The van der Waals surface area contributed by atoms with E-state index in [1.807, 2.05) is 12.1 Å². The van der Waals surface area contributed by atoms with E-state index in [0.717, 1.165) is 16.8 Å². The average Bonchev–Trinajstić information content (AvgIpc) is 2.53. The van der Waals surface area contributed by atoms with Gasteiger partial charge in [0.2, 0.25) is 5.91 Å². The number of aryl methyl sites for hydroxylation is 1. The first kappa shape index (κ1) is 14.9. The van der Waals surface area contributed by atoms with E-state index in [1.54, 1.807) is 30.3 Å². The number of anilines is 1. The summed E-state index contributed by atoms with van der Waals surface area (Å²) in [7, 11) is 0. The lowest BCUT2D eigenvalue weighted by Gasteiger charge is -2.18. The minimum Gasteiger partial charge on any atom is -0.491 e. The minimum atomic E-state index is -0.715. The van der Waals surface area contributed by atoms with Crippen LogP contribution in [0.3, 0.4) is 0 Å². The van der Waals surface area contributed by atoms with Gasteiger partial charge in [-0.1, -0.05) is 23.7 Å². The molecule has 0 saturated carbocycles. The molecule has 4 nitrogen and oxygen atoms in total. The topological polar surface area (TPSA) is 58.6 Å². The van der Waals surface area contributed by atoms with Crippen molar-refractivity contribution in [2.24, 2.45) is 0 Å². The molecule has 0 saturated heterocycles. The summed E-state index contributed by atoms with van der Waals surface area (Å²) in [5.41, 5.74) is 2.65. The number of fused-ring (bicyclic) bond motifs is 1. The Bertz CT molecular complexity index is 685. The van der Waals surface area contributed by atoms with Crippen molar-refractivity contribution in [3.63, 3.8) is 0 Å². The van der Waals surface area contributed by atoms with Crippen LogP contribution in [0.5, 0.6) is 5.75 Å². The highest BCUT2D eigenvalue weighted by Gasteiger charge is 2.15. The fourth-order valence-corrected chi connectivity index (χ4v) is 2.53. The molecule has 0 fully saturated rings. The van der Waals surface area contributed by atoms with Gasteiger partial charge in [0.15, 0.2) is 0 Å². The quantitative estimate of drug-likeness (QED) is 0.909. The van der Waals surface area contributed by atoms with Gasteiger partial charge < -0.3 is 15.2 Å². The number of aliphatic hydroxyl groups is 1. The highest BCUT2D eigenvalue weighted by atomic mass is 35.5. The lowest BCUT2D eigenvalue weighted by atomic mass is 10.0. The Morgan fingerprint density at radius 1 is 1.18 bits per heavy atom. The molecule has 114 valence electrons. The summed E-state index contributed by atoms with van der Waals surface area (Å²) >= 11 is 5.82. The zero-order chi connectivity index (χ0) is 15.5. The normalized spacial score (nSPS) is 14.9. The van der Waals surface area contributed by atoms with Gasteiger partial charge in [-0.3, -0.25) is 4.79 Å². The minimum absolute atomic E-state index is 0.0410. The molecule has 2 N–H and O–H groups in total. The molecule has 0 aliphatic carbocycles. The number of benzene rings is 2. The number of aliphatic hydroxyl groups excluding tert-OH is 1. The van der Waals surface area contributed by atoms with Crippen LogP contribution in [0, 0.1) is 0 Å². The molecule has 1 aliphatic rings. The van der Waals surface area contributed by atoms with Crippen LogP contribution in [-0.4, -0.2) is 17.6 Å². The van der Waals surface area contributed by atoms with Gasteiger partial charge in [-0.05, 0) is 47.9 Å². The smallest absolute Gasteiger partial charge is 0.224 e. The Balaban J connectivity index is 1.64. The van der Waals surface area contributed by atoms with Crippen LogP contribution < -0.4 is 10.1 Å². The van der Waals surface area contributed by atoms with Crippen molar-refractivity contribution >= 4 is 23.2 Å². The van der Waals surface area contributed by atoms with E-state index in [2.05, 4.69) is 5.32 Å². The summed E-state index contributed by atoms with van der Waals surface area (Å²) in [6.45, 7) is 0.160. The molecule has 0 spiro atoms. The maximum atomic E-state index is 11.3. The fourth-order valence-electron chi connectivity index (χ4n) is 2.41. The standard InChI is InChI=1S/C17H16ClNO3/c18-13-4-1-11(2-5-13)16(20)10-22-14-6-7-15-12(9-14)3-8-17(21)19-15/h1-2,4-7,9,16,20H,3,8,10H2,(H,19,21). The van der Waals surface area contributed by atoms with Crippen molar-refractivity contribution in [2.45, 2.75) is 18.9 Å². The van der Waals surface area contributed by atoms with Crippen LogP contribution in [0.4, 0.5) is 5.69 Å². The number of halogens is 1. The van der Waals surface area contributed by atoms with Crippen LogP contribution in [0.2, 0.25) is 5.02 Å². The predicted molar refractivity (Wildman–Crippen MR) is 85.3 cm³/mol. The Morgan fingerprint density at radius 3 is 2.73 bits per heavy atom. The zero-order valence-electron chi connectivity index (χ0n) is 11.9. The number of ether oxygens (including phenoxy) is 1. The van der Waals surface area contributed by atoms with E-state index in [-0.39, 0.29) is 12.5 Å². The predicted octanol–water partition coefficient (Wildman–Crippen LogP) is 3.34. The lowest BCUT2D eigenvalue weighted by Crippen LogP contribution is -2.19. The maximum Gasteiger partial charge on any atom is 0.224 e. The van der Waals surface area contributed by atoms with Gasteiger partial charge in [0, 0.05) is 17.1 Å².